The number of rotatable bonds is 5. The molecule has 1 aliphatic heterocycles. The Morgan fingerprint density at radius 1 is 1.42 bits per heavy atom. The summed E-state index contributed by atoms with van der Waals surface area (Å²) >= 11 is 2.09. The molecule has 1 saturated heterocycles. The summed E-state index contributed by atoms with van der Waals surface area (Å²) in [6.45, 7) is 4.36. The molecule has 1 fully saturated rings. The maximum atomic E-state index is 4.31. The molecule has 0 bridgehead atoms. The Bertz CT molecular complexity index is 343. The summed E-state index contributed by atoms with van der Waals surface area (Å²) in [5.74, 6) is 2.26. The minimum Gasteiger partial charge on any atom is -0.356 e. The number of aliphatic imine (C=N–C) groups is 1. The van der Waals surface area contributed by atoms with Crippen molar-refractivity contribution in [1.29, 1.82) is 0 Å². The third-order valence-corrected chi connectivity index (χ3v) is 5.57. The maximum absolute atomic E-state index is 4.31. The van der Waals surface area contributed by atoms with Crippen LogP contribution < -0.4 is 10.6 Å². The normalized spacial score (nSPS) is 27.5. The van der Waals surface area contributed by atoms with Crippen LogP contribution in [0, 0.1) is 0 Å². The molecule has 0 radical (unpaired) electrons. The van der Waals surface area contributed by atoms with Gasteiger partial charge in [-0.2, -0.15) is 11.8 Å². The van der Waals surface area contributed by atoms with E-state index in [2.05, 4.69) is 40.4 Å². The molecule has 1 heterocycles. The minimum atomic E-state index is 0.394. The van der Waals surface area contributed by atoms with Crippen LogP contribution in [0.2, 0.25) is 0 Å². The highest BCUT2D eigenvalue weighted by Crippen LogP contribution is 2.36. The zero-order chi connectivity index (χ0) is 13.6. The van der Waals surface area contributed by atoms with Crippen molar-refractivity contribution in [2.24, 2.45) is 4.99 Å². The molecule has 3 nitrogen and oxygen atoms in total. The van der Waals surface area contributed by atoms with E-state index in [1.54, 1.807) is 5.57 Å². The first-order chi connectivity index (χ1) is 9.22. The molecule has 4 heteroatoms. The van der Waals surface area contributed by atoms with Gasteiger partial charge < -0.3 is 10.6 Å². The second-order valence-corrected chi connectivity index (χ2v) is 7.44. The van der Waals surface area contributed by atoms with Crippen LogP contribution in [-0.4, -0.2) is 36.6 Å². The van der Waals surface area contributed by atoms with Gasteiger partial charge in [0.15, 0.2) is 5.96 Å². The topological polar surface area (TPSA) is 36.4 Å². The molecule has 2 aliphatic rings. The van der Waals surface area contributed by atoms with Crippen LogP contribution >= 0.6 is 11.8 Å². The third-order valence-electron chi connectivity index (χ3n) is 4.03. The Morgan fingerprint density at radius 3 is 2.95 bits per heavy atom. The van der Waals surface area contributed by atoms with Crippen molar-refractivity contribution in [3.05, 3.63) is 11.6 Å². The molecular formula is C15H27N3S. The van der Waals surface area contributed by atoms with Crippen LogP contribution in [0.1, 0.15) is 45.4 Å². The van der Waals surface area contributed by atoms with Gasteiger partial charge in [-0.15, -0.1) is 0 Å². The Balaban J connectivity index is 1.65. The summed E-state index contributed by atoms with van der Waals surface area (Å²) in [5.41, 5.74) is 1.61. The fourth-order valence-corrected chi connectivity index (χ4v) is 4.02. The van der Waals surface area contributed by atoms with Gasteiger partial charge >= 0.3 is 0 Å². The van der Waals surface area contributed by atoms with Gasteiger partial charge in [0, 0.05) is 24.9 Å². The molecule has 0 amide bonds. The second-order valence-electron chi connectivity index (χ2n) is 5.76. The predicted molar refractivity (Wildman–Crippen MR) is 86.0 cm³/mol. The molecule has 0 aromatic rings. The first kappa shape index (κ1) is 14.8. The van der Waals surface area contributed by atoms with Crippen molar-refractivity contribution in [3.8, 4) is 0 Å². The lowest BCUT2D eigenvalue weighted by atomic mass is 10.1. The highest BCUT2D eigenvalue weighted by atomic mass is 32.2. The van der Waals surface area contributed by atoms with E-state index in [1.165, 1.54) is 37.9 Å². The summed E-state index contributed by atoms with van der Waals surface area (Å²) in [5, 5.41) is 6.90. The lowest BCUT2D eigenvalue weighted by molar-refractivity contribution is 0.584. The summed E-state index contributed by atoms with van der Waals surface area (Å²) < 4.78 is 0.394. The van der Waals surface area contributed by atoms with Gasteiger partial charge in [0.1, 0.15) is 0 Å². The van der Waals surface area contributed by atoms with Crippen LogP contribution in [0.15, 0.2) is 16.6 Å². The quantitative estimate of drug-likeness (QED) is 0.462. The Morgan fingerprint density at radius 2 is 2.32 bits per heavy atom. The molecule has 108 valence electrons. The smallest absolute Gasteiger partial charge is 0.191 e. The molecule has 1 aliphatic carbocycles. The van der Waals surface area contributed by atoms with Crippen LogP contribution in [-0.2, 0) is 0 Å². The van der Waals surface area contributed by atoms with E-state index in [0.717, 1.165) is 25.5 Å². The fraction of sp³-hybridized carbons (Fsp3) is 0.800. The van der Waals surface area contributed by atoms with Crippen molar-refractivity contribution in [3.63, 3.8) is 0 Å². The van der Waals surface area contributed by atoms with E-state index in [-0.39, 0.29) is 0 Å². The van der Waals surface area contributed by atoms with E-state index in [0.29, 0.717) is 4.75 Å². The van der Waals surface area contributed by atoms with E-state index in [4.69, 9.17) is 0 Å². The molecule has 0 spiro atoms. The molecule has 2 N–H and O–H groups in total. The van der Waals surface area contributed by atoms with Crippen LogP contribution in [0.3, 0.4) is 0 Å². The molecule has 1 atom stereocenters. The average molecular weight is 281 g/mol. The Hall–Kier alpha value is -0.640. The number of hydrogen-bond acceptors (Lipinski definition) is 2. The highest BCUT2D eigenvalue weighted by Gasteiger charge is 2.29. The van der Waals surface area contributed by atoms with Gasteiger partial charge in [-0.3, -0.25) is 4.99 Å². The van der Waals surface area contributed by atoms with Gasteiger partial charge in [-0.05, 0) is 51.2 Å². The Labute approximate surface area is 121 Å². The molecule has 2 rings (SSSR count). The zero-order valence-electron chi connectivity index (χ0n) is 12.3. The zero-order valence-corrected chi connectivity index (χ0v) is 13.1. The van der Waals surface area contributed by atoms with Crippen molar-refractivity contribution in [2.45, 2.75) is 50.2 Å². The molecule has 0 aromatic heterocycles. The van der Waals surface area contributed by atoms with Crippen molar-refractivity contribution < 1.29 is 0 Å². The minimum absolute atomic E-state index is 0.394. The first-order valence-electron chi connectivity index (χ1n) is 7.48. The average Bonchev–Trinajstić information content (AvgIpc) is 3.06. The molecule has 1 unspecified atom stereocenters. The lowest BCUT2D eigenvalue weighted by Crippen LogP contribution is -2.43. The monoisotopic (exact) mass is 281 g/mol. The Kier molecular flexibility index (Phi) is 5.61. The largest absolute Gasteiger partial charge is 0.356 e. The summed E-state index contributed by atoms with van der Waals surface area (Å²) in [6.07, 6.45) is 10.1. The number of nitrogens with zero attached hydrogens (tertiary/aromatic N) is 1. The van der Waals surface area contributed by atoms with Gasteiger partial charge in [0.25, 0.3) is 0 Å². The van der Waals surface area contributed by atoms with Gasteiger partial charge in [0.2, 0.25) is 0 Å². The van der Waals surface area contributed by atoms with Gasteiger partial charge in [-0.25, -0.2) is 0 Å². The highest BCUT2D eigenvalue weighted by molar-refractivity contribution is 8.00. The standard InChI is InChI=1S/C15H27N3S/c1-15(9-5-11-19-15)12-18-14(16-2)17-10-8-13-6-3-4-7-13/h6H,3-5,7-12H2,1-2H3,(H2,16,17,18). The summed E-state index contributed by atoms with van der Waals surface area (Å²) in [6, 6.07) is 0. The molecule has 19 heavy (non-hydrogen) atoms. The lowest BCUT2D eigenvalue weighted by Gasteiger charge is -2.24. The molecule has 0 aromatic carbocycles. The first-order valence-corrected chi connectivity index (χ1v) is 8.47. The number of allylic oxidation sites excluding steroid dienone is 1. The van der Waals surface area contributed by atoms with Crippen molar-refractivity contribution in [1.82, 2.24) is 10.6 Å². The van der Waals surface area contributed by atoms with Crippen LogP contribution in [0.25, 0.3) is 0 Å². The molecule has 0 saturated carbocycles. The number of guanidine groups is 1. The maximum Gasteiger partial charge on any atom is 0.191 e. The third kappa shape index (κ3) is 4.75. The SMILES string of the molecule is CN=C(NCCC1=CCCC1)NCC1(C)CCCS1. The summed E-state index contributed by atoms with van der Waals surface area (Å²) in [4.78, 5) is 4.31. The van der Waals surface area contributed by atoms with Crippen LogP contribution in [0.5, 0.6) is 0 Å². The van der Waals surface area contributed by atoms with Gasteiger partial charge in [-0.1, -0.05) is 11.6 Å². The van der Waals surface area contributed by atoms with E-state index in [9.17, 15) is 0 Å². The number of hydrogen-bond donors (Lipinski definition) is 2. The van der Waals surface area contributed by atoms with E-state index >= 15 is 0 Å². The van der Waals surface area contributed by atoms with Crippen molar-refractivity contribution >= 4 is 17.7 Å². The number of thioether (sulfide) groups is 1. The summed E-state index contributed by atoms with van der Waals surface area (Å²) in [7, 11) is 1.86. The van der Waals surface area contributed by atoms with E-state index in [1.807, 2.05) is 7.05 Å². The number of nitrogens with one attached hydrogen (secondary N) is 2. The van der Waals surface area contributed by atoms with Crippen LogP contribution in [0.4, 0.5) is 0 Å². The van der Waals surface area contributed by atoms with Crippen molar-refractivity contribution in [2.75, 3.05) is 25.9 Å². The predicted octanol–water partition coefficient (Wildman–Crippen LogP) is 2.94. The molecular weight excluding hydrogens is 254 g/mol. The van der Waals surface area contributed by atoms with E-state index < -0.39 is 0 Å². The fourth-order valence-electron chi connectivity index (χ4n) is 2.77. The van der Waals surface area contributed by atoms with Gasteiger partial charge in [0.05, 0.1) is 0 Å². The second kappa shape index (κ2) is 7.22.